The van der Waals surface area contributed by atoms with Crippen molar-refractivity contribution < 1.29 is 4.42 Å². The Morgan fingerprint density at radius 1 is 1.38 bits per heavy atom. The molecule has 0 bridgehead atoms. The van der Waals surface area contributed by atoms with Crippen LogP contribution in [0.1, 0.15) is 37.8 Å². The van der Waals surface area contributed by atoms with E-state index in [9.17, 15) is 0 Å². The molecule has 1 atom stereocenters. The number of aromatic nitrogens is 1. The van der Waals surface area contributed by atoms with Crippen LogP contribution in [0.3, 0.4) is 0 Å². The summed E-state index contributed by atoms with van der Waals surface area (Å²) in [5, 5.41) is 0. The highest BCUT2D eigenvalue weighted by atomic mass is 16.3. The van der Waals surface area contributed by atoms with Crippen LogP contribution in [0, 0.1) is 12.8 Å². The molecular formula is C13H18N2O. The fourth-order valence-electron chi connectivity index (χ4n) is 1.93. The van der Waals surface area contributed by atoms with Gasteiger partial charge in [0.25, 0.3) is 0 Å². The van der Waals surface area contributed by atoms with E-state index < -0.39 is 0 Å². The van der Waals surface area contributed by atoms with Gasteiger partial charge < -0.3 is 10.2 Å². The van der Waals surface area contributed by atoms with Crippen LogP contribution >= 0.6 is 0 Å². The number of oxazole rings is 1. The minimum Gasteiger partial charge on any atom is -0.441 e. The molecule has 0 radical (unpaired) electrons. The van der Waals surface area contributed by atoms with Gasteiger partial charge in [-0.3, -0.25) is 0 Å². The molecule has 3 heteroatoms. The van der Waals surface area contributed by atoms with Gasteiger partial charge in [0.1, 0.15) is 5.52 Å². The Morgan fingerprint density at radius 2 is 2.12 bits per heavy atom. The van der Waals surface area contributed by atoms with Crippen molar-refractivity contribution in [3.05, 3.63) is 29.7 Å². The topological polar surface area (TPSA) is 52.0 Å². The van der Waals surface area contributed by atoms with Crippen LogP contribution in [-0.4, -0.2) is 4.98 Å². The number of benzene rings is 1. The molecule has 2 aromatic rings. The smallest absolute Gasteiger partial charge is 0.192 e. The summed E-state index contributed by atoms with van der Waals surface area (Å²) in [5.74, 6) is 1.30. The number of fused-ring (bicyclic) bond motifs is 1. The number of nitrogens with zero attached hydrogens (tertiary/aromatic N) is 1. The van der Waals surface area contributed by atoms with E-state index in [2.05, 4.69) is 18.8 Å². The molecule has 0 saturated heterocycles. The van der Waals surface area contributed by atoms with Crippen LogP contribution in [0.5, 0.6) is 0 Å². The van der Waals surface area contributed by atoms with Gasteiger partial charge in [-0.25, -0.2) is 4.98 Å². The maximum absolute atomic E-state index is 6.13. The van der Waals surface area contributed by atoms with Crippen molar-refractivity contribution in [1.29, 1.82) is 0 Å². The average Bonchev–Trinajstić information content (AvgIpc) is 2.55. The SMILES string of the molecule is Cc1nc2ccc(C(N)CC(C)C)cc2o1. The summed E-state index contributed by atoms with van der Waals surface area (Å²) in [5.41, 5.74) is 8.98. The molecule has 0 amide bonds. The van der Waals surface area contributed by atoms with Gasteiger partial charge in [-0.1, -0.05) is 19.9 Å². The second kappa shape index (κ2) is 4.26. The predicted octanol–water partition coefficient (Wildman–Crippen LogP) is 3.18. The third-order valence-corrected chi connectivity index (χ3v) is 2.67. The van der Waals surface area contributed by atoms with Crippen LogP contribution in [0.2, 0.25) is 0 Å². The van der Waals surface area contributed by atoms with Crippen LogP contribution in [0.4, 0.5) is 0 Å². The maximum Gasteiger partial charge on any atom is 0.192 e. The van der Waals surface area contributed by atoms with Gasteiger partial charge in [-0.05, 0) is 30.0 Å². The summed E-state index contributed by atoms with van der Waals surface area (Å²) in [7, 11) is 0. The van der Waals surface area contributed by atoms with E-state index in [0.29, 0.717) is 11.8 Å². The summed E-state index contributed by atoms with van der Waals surface area (Å²) in [4.78, 5) is 4.27. The van der Waals surface area contributed by atoms with Crippen LogP contribution < -0.4 is 5.73 Å². The normalized spacial score (nSPS) is 13.6. The van der Waals surface area contributed by atoms with Crippen molar-refractivity contribution in [3.63, 3.8) is 0 Å². The molecule has 0 saturated carbocycles. The molecule has 2 N–H and O–H groups in total. The van der Waals surface area contributed by atoms with Gasteiger partial charge in [0, 0.05) is 13.0 Å². The van der Waals surface area contributed by atoms with Crippen LogP contribution in [-0.2, 0) is 0 Å². The van der Waals surface area contributed by atoms with Crippen molar-refractivity contribution in [2.45, 2.75) is 33.2 Å². The second-order valence-electron chi connectivity index (χ2n) is 4.70. The Balaban J connectivity index is 2.31. The van der Waals surface area contributed by atoms with E-state index in [-0.39, 0.29) is 6.04 Å². The van der Waals surface area contributed by atoms with E-state index >= 15 is 0 Å². The van der Waals surface area contributed by atoms with Crippen molar-refractivity contribution >= 4 is 11.1 Å². The molecule has 0 fully saturated rings. The van der Waals surface area contributed by atoms with E-state index in [1.165, 1.54) is 0 Å². The van der Waals surface area contributed by atoms with Crippen molar-refractivity contribution in [3.8, 4) is 0 Å². The van der Waals surface area contributed by atoms with Crippen LogP contribution in [0.25, 0.3) is 11.1 Å². The van der Waals surface area contributed by atoms with Gasteiger partial charge in [0.2, 0.25) is 0 Å². The van der Waals surface area contributed by atoms with E-state index in [0.717, 1.165) is 23.1 Å². The summed E-state index contributed by atoms with van der Waals surface area (Å²) < 4.78 is 5.50. The second-order valence-corrected chi connectivity index (χ2v) is 4.70. The highest BCUT2D eigenvalue weighted by Crippen LogP contribution is 2.23. The number of nitrogens with two attached hydrogens (primary N) is 1. The Labute approximate surface area is 95.7 Å². The average molecular weight is 218 g/mol. The summed E-state index contributed by atoms with van der Waals surface area (Å²) >= 11 is 0. The molecule has 0 spiro atoms. The van der Waals surface area contributed by atoms with Crippen molar-refractivity contribution in [1.82, 2.24) is 4.98 Å². The van der Waals surface area contributed by atoms with Crippen LogP contribution in [0.15, 0.2) is 22.6 Å². The van der Waals surface area contributed by atoms with Gasteiger partial charge in [0.05, 0.1) is 0 Å². The third kappa shape index (κ3) is 2.25. The predicted molar refractivity (Wildman–Crippen MR) is 65.1 cm³/mol. The minimum absolute atomic E-state index is 0.0785. The van der Waals surface area contributed by atoms with Gasteiger partial charge >= 0.3 is 0 Å². The molecule has 0 aliphatic heterocycles. The number of hydrogen-bond donors (Lipinski definition) is 1. The highest BCUT2D eigenvalue weighted by molar-refractivity contribution is 5.73. The minimum atomic E-state index is 0.0785. The zero-order chi connectivity index (χ0) is 11.7. The summed E-state index contributed by atoms with van der Waals surface area (Å²) in [6, 6.07) is 6.09. The molecule has 16 heavy (non-hydrogen) atoms. The molecule has 0 aliphatic rings. The van der Waals surface area contributed by atoms with E-state index in [1.807, 2.05) is 25.1 Å². The number of hydrogen-bond acceptors (Lipinski definition) is 3. The summed E-state index contributed by atoms with van der Waals surface area (Å²) in [6.45, 7) is 6.21. The molecule has 1 unspecified atom stereocenters. The van der Waals surface area contributed by atoms with E-state index in [4.69, 9.17) is 10.2 Å². The zero-order valence-electron chi connectivity index (χ0n) is 10.0. The Hall–Kier alpha value is -1.35. The fourth-order valence-corrected chi connectivity index (χ4v) is 1.93. The lowest BCUT2D eigenvalue weighted by Gasteiger charge is -2.13. The maximum atomic E-state index is 6.13. The first-order valence-corrected chi connectivity index (χ1v) is 5.69. The Morgan fingerprint density at radius 3 is 2.81 bits per heavy atom. The molecular weight excluding hydrogens is 200 g/mol. The first kappa shape index (κ1) is 11.1. The number of aryl methyl sites for hydroxylation is 1. The van der Waals surface area contributed by atoms with Gasteiger partial charge in [-0.15, -0.1) is 0 Å². The molecule has 2 rings (SSSR count). The quantitative estimate of drug-likeness (QED) is 0.860. The molecule has 3 nitrogen and oxygen atoms in total. The third-order valence-electron chi connectivity index (χ3n) is 2.67. The summed E-state index contributed by atoms with van der Waals surface area (Å²) in [6.07, 6.45) is 0.985. The largest absolute Gasteiger partial charge is 0.441 e. The highest BCUT2D eigenvalue weighted by Gasteiger charge is 2.10. The van der Waals surface area contributed by atoms with Crippen molar-refractivity contribution in [2.24, 2.45) is 11.7 Å². The molecule has 0 aliphatic carbocycles. The van der Waals surface area contributed by atoms with Crippen molar-refractivity contribution in [2.75, 3.05) is 0 Å². The fraction of sp³-hybridized carbons (Fsp3) is 0.462. The first-order valence-electron chi connectivity index (χ1n) is 5.69. The standard InChI is InChI=1S/C13H18N2O/c1-8(2)6-11(14)10-4-5-12-13(7-10)16-9(3)15-12/h4-5,7-8,11H,6,14H2,1-3H3. The van der Waals surface area contributed by atoms with E-state index in [1.54, 1.807) is 0 Å². The lowest BCUT2D eigenvalue weighted by Crippen LogP contribution is -2.12. The lowest BCUT2D eigenvalue weighted by atomic mass is 9.98. The molecule has 86 valence electrons. The Bertz CT molecular complexity index is 488. The molecule has 1 aromatic carbocycles. The molecule has 1 aromatic heterocycles. The molecule has 1 heterocycles. The first-order chi connectivity index (χ1) is 7.56. The lowest BCUT2D eigenvalue weighted by molar-refractivity contribution is 0.509. The number of rotatable bonds is 3. The van der Waals surface area contributed by atoms with Gasteiger partial charge in [-0.2, -0.15) is 0 Å². The van der Waals surface area contributed by atoms with Gasteiger partial charge in [0.15, 0.2) is 11.5 Å². The Kier molecular flexibility index (Phi) is 2.97. The monoisotopic (exact) mass is 218 g/mol. The zero-order valence-corrected chi connectivity index (χ0v) is 10.0.